The molecule has 2 N–H and O–H groups in total. The fourth-order valence-corrected chi connectivity index (χ4v) is 1.14. The van der Waals surface area contributed by atoms with E-state index < -0.39 is 0 Å². The van der Waals surface area contributed by atoms with Crippen molar-refractivity contribution < 1.29 is 4.74 Å². The highest BCUT2D eigenvalue weighted by Crippen LogP contribution is 2.25. The van der Waals surface area contributed by atoms with E-state index in [1.54, 1.807) is 12.2 Å². The first-order chi connectivity index (χ1) is 5.31. The number of ether oxygens (including phenoxy) is 1. The third-order valence-corrected chi connectivity index (χ3v) is 1.75. The van der Waals surface area contributed by atoms with Gasteiger partial charge < -0.3 is 10.5 Å². The largest absolute Gasteiger partial charge is 0.489 e. The van der Waals surface area contributed by atoms with E-state index in [9.17, 15) is 0 Å². The molecule has 0 aromatic heterocycles. The molecular formula is C9H13NO. The van der Waals surface area contributed by atoms with Gasteiger partial charge >= 0.3 is 0 Å². The van der Waals surface area contributed by atoms with Crippen molar-refractivity contribution in [2.75, 3.05) is 6.54 Å². The molecule has 1 aliphatic rings. The maximum Gasteiger partial charge on any atom is 0.122 e. The Morgan fingerprint density at radius 2 is 2.27 bits per heavy atom. The van der Waals surface area contributed by atoms with Crippen molar-refractivity contribution in [2.45, 2.75) is 12.5 Å². The predicted octanol–water partition coefficient (Wildman–Crippen LogP) is 1.36. The van der Waals surface area contributed by atoms with Gasteiger partial charge in [-0.15, -0.1) is 0 Å². The molecule has 0 aromatic rings. The van der Waals surface area contributed by atoms with E-state index >= 15 is 0 Å². The molecule has 0 fully saturated rings. The number of rotatable bonds is 3. The van der Waals surface area contributed by atoms with Crippen molar-refractivity contribution in [3.8, 4) is 0 Å². The third-order valence-electron chi connectivity index (χ3n) is 1.75. The van der Waals surface area contributed by atoms with Gasteiger partial charge in [-0.1, -0.05) is 19.2 Å². The van der Waals surface area contributed by atoms with Gasteiger partial charge in [0.15, 0.2) is 0 Å². The molecule has 2 heteroatoms. The minimum absolute atomic E-state index is 0.121. The minimum Gasteiger partial charge on any atom is -0.489 e. The highest BCUT2D eigenvalue weighted by Gasteiger charge is 2.20. The molecule has 1 heterocycles. The first-order valence-electron chi connectivity index (χ1n) is 3.66. The summed E-state index contributed by atoms with van der Waals surface area (Å²) in [6, 6.07) is 0. The lowest BCUT2D eigenvalue weighted by molar-refractivity contribution is 0.159. The van der Waals surface area contributed by atoms with Crippen molar-refractivity contribution in [1.82, 2.24) is 0 Å². The van der Waals surface area contributed by atoms with E-state index in [-0.39, 0.29) is 6.10 Å². The zero-order valence-corrected chi connectivity index (χ0v) is 6.55. The zero-order valence-electron chi connectivity index (χ0n) is 6.55. The number of hydrogen-bond acceptors (Lipinski definition) is 2. The van der Waals surface area contributed by atoms with Crippen LogP contribution in [-0.4, -0.2) is 12.6 Å². The summed E-state index contributed by atoms with van der Waals surface area (Å²) >= 11 is 0. The monoisotopic (exact) mass is 151 g/mol. The normalized spacial score (nSPS) is 23.2. The Hall–Kier alpha value is -1.02. The lowest BCUT2D eigenvalue weighted by Crippen LogP contribution is -2.19. The molecule has 1 rings (SSSR count). The lowest BCUT2D eigenvalue weighted by atomic mass is 10.1. The standard InChI is InChI=1S/C9H13NO/c1-3-7-5-8(6-10)11-9(7)4-2/h3-4,8H,1-2,5-6,10H2. The first kappa shape index (κ1) is 8.08. The highest BCUT2D eigenvalue weighted by atomic mass is 16.5. The smallest absolute Gasteiger partial charge is 0.122 e. The Morgan fingerprint density at radius 3 is 2.64 bits per heavy atom. The van der Waals surface area contributed by atoms with Crippen molar-refractivity contribution in [2.24, 2.45) is 5.73 Å². The van der Waals surface area contributed by atoms with Crippen LogP contribution in [0.2, 0.25) is 0 Å². The van der Waals surface area contributed by atoms with E-state index in [4.69, 9.17) is 10.5 Å². The fraction of sp³-hybridized carbons (Fsp3) is 0.333. The Labute approximate surface area is 67.0 Å². The molecule has 11 heavy (non-hydrogen) atoms. The molecule has 0 bridgehead atoms. The number of hydrogen-bond donors (Lipinski definition) is 1. The maximum absolute atomic E-state index is 5.45. The second-order valence-electron chi connectivity index (χ2n) is 2.48. The average Bonchev–Trinajstić information content (AvgIpc) is 2.46. The molecule has 0 aromatic carbocycles. The van der Waals surface area contributed by atoms with Crippen LogP contribution >= 0.6 is 0 Å². The van der Waals surface area contributed by atoms with Crippen LogP contribution in [0.1, 0.15) is 6.42 Å². The van der Waals surface area contributed by atoms with Crippen molar-refractivity contribution >= 4 is 0 Å². The molecule has 1 unspecified atom stereocenters. The van der Waals surface area contributed by atoms with Crippen LogP contribution in [0, 0.1) is 0 Å². The van der Waals surface area contributed by atoms with Gasteiger partial charge in [0, 0.05) is 13.0 Å². The average molecular weight is 151 g/mol. The third kappa shape index (κ3) is 1.52. The maximum atomic E-state index is 5.45. The zero-order chi connectivity index (χ0) is 8.27. The topological polar surface area (TPSA) is 35.2 Å². The van der Waals surface area contributed by atoms with Crippen LogP contribution in [0.3, 0.4) is 0 Å². The Kier molecular flexibility index (Phi) is 2.49. The summed E-state index contributed by atoms with van der Waals surface area (Å²) < 4.78 is 5.43. The molecular weight excluding hydrogens is 138 g/mol. The Morgan fingerprint density at radius 1 is 1.55 bits per heavy atom. The second-order valence-corrected chi connectivity index (χ2v) is 2.48. The first-order valence-corrected chi connectivity index (χ1v) is 3.66. The van der Waals surface area contributed by atoms with E-state index in [0.717, 1.165) is 17.8 Å². The Balaban J connectivity index is 2.70. The van der Waals surface area contributed by atoms with Gasteiger partial charge in [0.1, 0.15) is 11.9 Å². The van der Waals surface area contributed by atoms with E-state index in [1.807, 2.05) is 0 Å². The predicted molar refractivity (Wildman–Crippen MR) is 46.0 cm³/mol. The molecule has 1 aliphatic heterocycles. The summed E-state index contributed by atoms with van der Waals surface area (Å²) in [5.74, 6) is 0.829. The van der Waals surface area contributed by atoms with E-state index in [1.165, 1.54) is 0 Å². The van der Waals surface area contributed by atoms with Crippen LogP contribution in [0.5, 0.6) is 0 Å². The van der Waals surface area contributed by atoms with Gasteiger partial charge in [-0.25, -0.2) is 0 Å². The molecule has 0 saturated heterocycles. The van der Waals surface area contributed by atoms with Gasteiger partial charge in [0.2, 0.25) is 0 Å². The minimum atomic E-state index is 0.121. The summed E-state index contributed by atoms with van der Waals surface area (Å²) in [6.07, 6.45) is 4.48. The van der Waals surface area contributed by atoms with Crippen LogP contribution in [0.25, 0.3) is 0 Å². The molecule has 60 valence electrons. The van der Waals surface area contributed by atoms with E-state index in [0.29, 0.717) is 6.54 Å². The molecule has 2 nitrogen and oxygen atoms in total. The Bertz CT molecular complexity index is 186. The van der Waals surface area contributed by atoms with Gasteiger partial charge in [0.25, 0.3) is 0 Å². The van der Waals surface area contributed by atoms with Gasteiger partial charge in [-0.3, -0.25) is 0 Å². The molecule has 0 spiro atoms. The molecule has 0 saturated carbocycles. The highest BCUT2D eigenvalue weighted by molar-refractivity contribution is 5.31. The quantitative estimate of drug-likeness (QED) is 0.661. The second kappa shape index (κ2) is 3.39. The van der Waals surface area contributed by atoms with Crippen molar-refractivity contribution in [3.63, 3.8) is 0 Å². The van der Waals surface area contributed by atoms with Gasteiger partial charge in [-0.2, -0.15) is 0 Å². The van der Waals surface area contributed by atoms with Gasteiger partial charge in [0.05, 0.1) is 0 Å². The van der Waals surface area contributed by atoms with E-state index in [2.05, 4.69) is 13.2 Å². The summed E-state index contributed by atoms with van der Waals surface area (Å²) in [5, 5.41) is 0. The van der Waals surface area contributed by atoms with Crippen molar-refractivity contribution in [1.29, 1.82) is 0 Å². The van der Waals surface area contributed by atoms with Crippen LogP contribution in [0.4, 0.5) is 0 Å². The molecule has 0 aliphatic carbocycles. The fourth-order valence-electron chi connectivity index (χ4n) is 1.14. The number of nitrogens with two attached hydrogens (primary N) is 1. The van der Waals surface area contributed by atoms with Crippen LogP contribution in [0.15, 0.2) is 36.6 Å². The van der Waals surface area contributed by atoms with Gasteiger partial charge in [-0.05, 0) is 11.6 Å². The lowest BCUT2D eigenvalue weighted by Gasteiger charge is -2.06. The molecule has 0 amide bonds. The summed E-state index contributed by atoms with van der Waals surface area (Å²) in [6.45, 7) is 7.87. The van der Waals surface area contributed by atoms with Crippen molar-refractivity contribution in [3.05, 3.63) is 36.6 Å². The molecule has 1 atom stereocenters. The SMILES string of the molecule is C=CC1=C(C=C)OC(CN)C1. The number of allylic oxidation sites excluding steroid dienone is 2. The summed E-state index contributed by atoms with van der Waals surface area (Å²) in [5.41, 5.74) is 6.55. The van der Waals surface area contributed by atoms with Crippen LogP contribution < -0.4 is 5.73 Å². The summed E-state index contributed by atoms with van der Waals surface area (Å²) in [7, 11) is 0. The summed E-state index contributed by atoms with van der Waals surface area (Å²) in [4.78, 5) is 0. The van der Waals surface area contributed by atoms with Crippen LogP contribution in [-0.2, 0) is 4.74 Å². The molecule has 0 radical (unpaired) electrons.